The number of ether oxygens (including phenoxy) is 1. The molecule has 122 valence electrons. The molecule has 2 atom stereocenters. The van der Waals surface area contributed by atoms with Gasteiger partial charge in [0.15, 0.2) is 0 Å². The summed E-state index contributed by atoms with van der Waals surface area (Å²) in [6.07, 6.45) is 1.76. The van der Waals surface area contributed by atoms with Crippen LogP contribution in [-0.2, 0) is 9.30 Å². The molecule has 1 aromatic rings. The highest BCUT2D eigenvalue weighted by molar-refractivity contribution is 7.56. The Labute approximate surface area is 129 Å². The molecular weight excluding hydrogens is 340 g/mol. The van der Waals surface area contributed by atoms with Gasteiger partial charge in [-0.3, -0.25) is 9.13 Å². The molecule has 0 spiro atoms. The van der Waals surface area contributed by atoms with Crippen LogP contribution in [0.4, 0.5) is 10.2 Å². The zero-order valence-corrected chi connectivity index (χ0v) is 12.9. The van der Waals surface area contributed by atoms with Crippen molar-refractivity contribution in [3.05, 3.63) is 34.4 Å². The van der Waals surface area contributed by atoms with Crippen molar-refractivity contribution < 1.29 is 23.5 Å². The van der Waals surface area contributed by atoms with Gasteiger partial charge in [0.2, 0.25) is 5.57 Å². The number of halogens is 2. The van der Waals surface area contributed by atoms with Crippen molar-refractivity contribution in [1.29, 1.82) is 0 Å². The van der Waals surface area contributed by atoms with Gasteiger partial charge < -0.3 is 20.3 Å². The maximum atomic E-state index is 13.5. The lowest BCUT2D eigenvalue weighted by Crippen LogP contribution is -2.32. The minimum absolute atomic E-state index is 0.0512. The van der Waals surface area contributed by atoms with Crippen LogP contribution in [0.15, 0.2) is 28.7 Å². The number of hydrogen-bond acceptors (Lipinski definition) is 5. The van der Waals surface area contributed by atoms with Crippen molar-refractivity contribution in [2.75, 3.05) is 11.6 Å². The predicted octanol–water partition coefficient (Wildman–Crippen LogP) is 1.10. The molecule has 1 aliphatic rings. The lowest BCUT2D eigenvalue weighted by atomic mass is 10.0. The zero-order valence-electron chi connectivity index (χ0n) is 11.2. The van der Waals surface area contributed by atoms with Crippen molar-refractivity contribution in [3.63, 3.8) is 0 Å². The summed E-state index contributed by atoms with van der Waals surface area (Å²) >= 11 is 5.76. The van der Waals surface area contributed by atoms with E-state index in [2.05, 4.69) is 4.98 Å². The summed E-state index contributed by atoms with van der Waals surface area (Å²) in [6, 6.07) is 1.40. The number of hydrogen-bond donors (Lipinski definition) is 3. The van der Waals surface area contributed by atoms with Crippen LogP contribution in [0.1, 0.15) is 19.1 Å². The van der Waals surface area contributed by atoms with Gasteiger partial charge in [-0.25, -0.2) is 4.79 Å². The third kappa shape index (κ3) is 3.56. The van der Waals surface area contributed by atoms with E-state index in [1.54, 1.807) is 0 Å². The Morgan fingerprint density at radius 1 is 1.73 bits per heavy atom. The second-order valence-corrected chi connectivity index (χ2v) is 6.65. The molecule has 0 radical (unpaired) electrons. The van der Waals surface area contributed by atoms with Crippen LogP contribution >= 0.6 is 19.2 Å². The molecule has 1 aromatic heterocycles. The zero-order chi connectivity index (χ0) is 16.5. The maximum absolute atomic E-state index is 13.5. The topological polar surface area (TPSA) is 128 Å². The van der Waals surface area contributed by atoms with Gasteiger partial charge in [0, 0.05) is 6.20 Å². The SMILES string of the molecule is Nc1ccn([C@H]2CC[C@](/C=C(\F)P(=O)(O)O)(CCl)O2)c(=O)n1. The predicted molar refractivity (Wildman–Crippen MR) is 77.0 cm³/mol. The van der Waals surface area contributed by atoms with Gasteiger partial charge >= 0.3 is 13.3 Å². The molecule has 8 nitrogen and oxygen atoms in total. The molecule has 22 heavy (non-hydrogen) atoms. The summed E-state index contributed by atoms with van der Waals surface area (Å²) in [6.45, 7) is 0. The number of alkyl halides is 1. The molecule has 1 fully saturated rings. The summed E-state index contributed by atoms with van der Waals surface area (Å²) in [4.78, 5) is 32.9. The maximum Gasteiger partial charge on any atom is 0.384 e. The molecule has 1 saturated heterocycles. The highest BCUT2D eigenvalue weighted by atomic mass is 35.5. The minimum atomic E-state index is -5.01. The molecule has 0 saturated carbocycles. The van der Waals surface area contributed by atoms with E-state index >= 15 is 0 Å². The first-order chi connectivity index (χ1) is 10.2. The van der Waals surface area contributed by atoms with E-state index in [9.17, 15) is 13.8 Å². The van der Waals surface area contributed by atoms with Crippen LogP contribution in [0, 0.1) is 0 Å². The fraction of sp³-hybridized carbons (Fsp3) is 0.455. The lowest BCUT2D eigenvalue weighted by Gasteiger charge is -2.24. The number of nitrogen functional groups attached to an aromatic ring is 1. The van der Waals surface area contributed by atoms with E-state index in [1.165, 1.54) is 12.3 Å². The molecule has 4 N–H and O–H groups in total. The van der Waals surface area contributed by atoms with Crippen molar-refractivity contribution in [2.45, 2.75) is 24.7 Å². The Morgan fingerprint density at radius 2 is 2.41 bits per heavy atom. The van der Waals surface area contributed by atoms with Gasteiger partial charge in [-0.1, -0.05) is 0 Å². The van der Waals surface area contributed by atoms with Gasteiger partial charge in [-0.05, 0) is 25.0 Å². The highest BCUT2D eigenvalue weighted by Crippen LogP contribution is 2.49. The largest absolute Gasteiger partial charge is 0.384 e. The van der Waals surface area contributed by atoms with E-state index in [1.807, 2.05) is 0 Å². The summed E-state index contributed by atoms with van der Waals surface area (Å²) < 4.78 is 31.1. The summed E-state index contributed by atoms with van der Waals surface area (Å²) in [5.41, 5.74) is 1.72. The van der Waals surface area contributed by atoms with Crippen molar-refractivity contribution >= 4 is 25.0 Å². The van der Waals surface area contributed by atoms with E-state index < -0.39 is 30.7 Å². The monoisotopic (exact) mass is 353 g/mol. The van der Waals surface area contributed by atoms with Crippen LogP contribution in [0.25, 0.3) is 0 Å². The third-order valence-corrected chi connectivity index (χ3v) is 4.37. The number of aromatic nitrogens is 2. The van der Waals surface area contributed by atoms with Gasteiger partial charge in [0.1, 0.15) is 17.6 Å². The van der Waals surface area contributed by atoms with Crippen LogP contribution < -0.4 is 11.4 Å². The van der Waals surface area contributed by atoms with Gasteiger partial charge in [0.25, 0.3) is 0 Å². The Hall–Kier alpha value is -1.25. The molecule has 11 heteroatoms. The van der Waals surface area contributed by atoms with Crippen molar-refractivity contribution in [2.24, 2.45) is 0 Å². The van der Waals surface area contributed by atoms with E-state index in [-0.39, 0.29) is 18.1 Å². The molecule has 2 heterocycles. The highest BCUT2D eigenvalue weighted by Gasteiger charge is 2.41. The van der Waals surface area contributed by atoms with E-state index in [0.717, 1.165) is 4.57 Å². The van der Waals surface area contributed by atoms with Crippen molar-refractivity contribution in [3.8, 4) is 0 Å². The average Bonchev–Trinajstić information content (AvgIpc) is 2.82. The average molecular weight is 354 g/mol. The van der Waals surface area contributed by atoms with Crippen LogP contribution in [0.3, 0.4) is 0 Å². The molecule has 0 aliphatic carbocycles. The minimum Gasteiger partial charge on any atom is -0.383 e. The quantitative estimate of drug-likeness (QED) is 0.546. The Bertz CT molecular complexity index is 705. The molecular formula is C11H14ClFN3O5P. The summed E-state index contributed by atoms with van der Waals surface area (Å²) in [5, 5.41) is 0. The standard InChI is InChI=1S/C11H14ClFN3O5P/c12-6-11(5-7(13)22(18,19)20)3-1-9(21-11)16-4-2-8(14)15-10(16)17/h2,4-5,9H,1,3,6H2,(H2,14,15,17)(H2,18,19,20)/b7-5+/t9-,11+/m1/s1. The van der Waals surface area contributed by atoms with E-state index in [0.29, 0.717) is 12.5 Å². The molecule has 0 aromatic carbocycles. The third-order valence-electron chi connectivity index (χ3n) is 3.23. The number of rotatable bonds is 4. The smallest absolute Gasteiger partial charge is 0.383 e. The van der Waals surface area contributed by atoms with E-state index in [4.69, 9.17) is 31.9 Å². The second-order valence-electron chi connectivity index (χ2n) is 4.86. The summed E-state index contributed by atoms with van der Waals surface area (Å²) in [5.74, 6) is -0.177. The van der Waals surface area contributed by atoms with Gasteiger partial charge in [-0.15, -0.1) is 11.6 Å². The van der Waals surface area contributed by atoms with Crippen molar-refractivity contribution in [1.82, 2.24) is 9.55 Å². The van der Waals surface area contributed by atoms with Crippen LogP contribution in [0.5, 0.6) is 0 Å². The first kappa shape index (κ1) is 17.1. The molecule has 0 unspecified atom stereocenters. The summed E-state index contributed by atoms with van der Waals surface area (Å²) in [7, 11) is -5.01. The number of anilines is 1. The second kappa shape index (κ2) is 6.10. The molecule has 0 bridgehead atoms. The fourth-order valence-corrected chi connectivity index (χ4v) is 2.82. The molecule has 0 amide bonds. The Balaban J connectivity index is 2.29. The van der Waals surface area contributed by atoms with Gasteiger partial charge in [-0.2, -0.15) is 9.37 Å². The first-order valence-electron chi connectivity index (χ1n) is 6.20. The lowest BCUT2D eigenvalue weighted by molar-refractivity contribution is -0.0336. The van der Waals surface area contributed by atoms with Gasteiger partial charge in [0.05, 0.1) is 5.88 Å². The van der Waals surface area contributed by atoms with Crippen LogP contribution in [-0.4, -0.2) is 30.8 Å². The molecule has 2 rings (SSSR count). The fourth-order valence-electron chi connectivity index (χ4n) is 2.14. The first-order valence-corrected chi connectivity index (χ1v) is 8.34. The Kier molecular flexibility index (Phi) is 4.74. The number of nitrogens with two attached hydrogens (primary N) is 1. The Morgan fingerprint density at radius 3 is 2.95 bits per heavy atom. The van der Waals surface area contributed by atoms with Crippen LogP contribution in [0.2, 0.25) is 0 Å². The number of nitrogens with zero attached hydrogens (tertiary/aromatic N) is 2. The normalized spacial score (nSPS) is 26.4. The molecule has 1 aliphatic heterocycles.